The fraction of sp³-hybridized carbons (Fsp3) is 0.0769. The normalized spacial score (nSPS) is 11.3. The molecule has 5 heteroatoms. The molecule has 0 aliphatic rings. The van der Waals surface area contributed by atoms with E-state index in [2.05, 4.69) is 5.11 Å². The van der Waals surface area contributed by atoms with Gasteiger partial charge >= 0.3 is 0 Å². The number of benzene rings is 2. The van der Waals surface area contributed by atoms with Crippen LogP contribution in [0.3, 0.4) is 0 Å². The second-order valence-electron chi connectivity index (χ2n) is 3.55. The number of ether oxygens (including phenoxy) is 1. The molecule has 0 unspecified atom stereocenters. The lowest BCUT2D eigenvalue weighted by Crippen LogP contribution is -1.89. The summed E-state index contributed by atoms with van der Waals surface area (Å²) >= 11 is 5.74. The maximum atomic E-state index is 11.8. The van der Waals surface area contributed by atoms with Crippen LogP contribution in [0.4, 0.5) is 11.4 Å². The summed E-state index contributed by atoms with van der Waals surface area (Å²) in [5, 5.41) is 16.2. The highest BCUT2D eigenvalue weighted by atomic mass is 35.5. The summed E-state index contributed by atoms with van der Waals surface area (Å²) in [5.74, 6) is 0.720. The second-order valence-corrected chi connectivity index (χ2v) is 3.98. The van der Waals surface area contributed by atoms with E-state index in [9.17, 15) is 5.21 Å². The largest absolute Gasteiger partial charge is 0.594 e. The molecule has 0 saturated carbocycles. The van der Waals surface area contributed by atoms with Crippen molar-refractivity contribution in [2.24, 2.45) is 5.11 Å². The molecule has 0 aromatic heterocycles. The Kier molecular flexibility index (Phi) is 3.79. The molecular weight excluding hydrogens is 252 g/mol. The van der Waals surface area contributed by atoms with Crippen LogP contribution in [0.1, 0.15) is 0 Å². The van der Waals surface area contributed by atoms with Gasteiger partial charge in [-0.05, 0) is 36.4 Å². The first-order valence-electron chi connectivity index (χ1n) is 5.27. The van der Waals surface area contributed by atoms with Crippen molar-refractivity contribution in [2.45, 2.75) is 0 Å². The number of rotatable bonds is 3. The minimum atomic E-state index is 0.426. The van der Waals surface area contributed by atoms with Gasteiger partial charge in [0, 0.05) is 22.3 Å². The fourth-order valence-electron chi connectivity index (χ4n) is 1.38. The molecule has 2 aromatic rings. The second kappa shape index (κ2) is 5.51. The first-order chi connectivity index (χ1) is 8.69. The third kappa shape index (κ3) is 2.99. The van der Waals surface area contributed by atoms with E-state index in [1.807, 2.05) is 0 Å². The van der Waals surface area contributed by atoms with Crippen LogP contribution in [-0.4, -0.2) is 12.0 Å². The molecule has 2 rings (SSSR count). The van der Waals surface area contributed by atoms with Gasteiger partial charge in [0.05, 0.1) is 7.11 Å². The van der Waals surface area contributed by atoms with Crippen LogP contribution in [0.15, 0.2) is 53.6 Å². The molecule has 0 N–H and O–H groups in total. The Balaban J connectivity index is 2.23. The summed E-state index contributed by atoms with van der Waals surface area (Å²) in [4.78, 5) is 0.554. The van der Waals surface area contributed by atoms with Gasteiger partial charge in [0.1, 0.15) is 11.4 Å². The fourth-order valence-corrected chi connectivity index (χ4v) is 1.51. The van der Waals surface area contributed by atoms with Crippen LogP contribution in [0.2, 0.25) is 5.02 Å². The molecule has 92 valence electrons. The molecule has 0 bridgehead atoms. The minimum absolute atomic E-state index is 0.426. The van der Waals surface area contributed by atoms with Crippen molar-refractivity contribution in [3.63, 3.8) is 0 Å². The van der Waals surface area contributed by atoms with Crippen LogP contribution in [0.25, 0.3) is 0 Å². The van der Waals surface area contributed by atoms with Gasteiger partial charge in [-0.1, -0.05) is 16.5 Å². The molecule has 0 atom stereocenters. The zero-order chi connectivity index (χ0) is 13.0. The zero-order valence-corrected chi connectivity index (χ0v) is 10.5. The predicted molar refractivity (Wildman–Crippen MR) is 69.8 cm³/mol. The maximum Gasteiger partial charge on any atom is 0.245 e. The Hall–Kier alpha value is -2.07. The molecular formula is C13H11ClN2O2. The number of methoxy groups -OCH3 is 1. The Bertz CT molecular complexity index is 550. The van der Waals surface area contributed by atoms with Crippen molar-refractivity contribution < 1.29 is 9.60 Å². The highest BCUT2D eigenvalue weighted by Gasteiger charge is 2.03. The van der Waals surface area contributed by atoms with Gasteiger partial charge in [0.15, 0.2) is 0 Å². The van der Waals surface area contributed by atoms with Crippen LogP contribution in [-0.2, 0) is 0 Å². The molecule has 18 heavy (non-hydrogen) atoms. The van der Waals surface area contributed by atoms with Crippen LogP contribution < -0.4 is 4.74 Å². The third-order valence-corrected chi connectivity index (χ3v) is 2.58. The van der Waals surface area contributed by atoms with Gasteiger partial charge in [-0.2, -0.15) is 0 Å². The summed E-state index contributed by atoms with van der Waals surface area (Å²) in [7, 11) is 1.58. The van der Waals surface area contributed by atoms with Crippen molar-refractivity contribution in [2.75, 3.05) is 7.11 Å². The lowest BCUT2D eigenvalue weighted by Gasteiger charge is -2.01. The molecule has 0 aliphatic carbocycles. The highest BCUT2D eigenvalue weighted by Crippen LogP contribution is 2.21. The van der Waals surface area contributed by atoms with Gasteiger partial charge < -0.3 is 9.94 Å². The Morgan fingerprint density at radius 3 is 2.22 bits per heavy atom. The summed E-state index contributed by atoms with van der Waals surface area (Å²) in [6.45, 7) is 0. The van der Waals surface area contributed by atoms with E-state index in [0.29, 0.717) is 21.3 Å². The molecule has 0 saturated heterocycles. The molecule has 4 nitrogen and oxygen atoms in total. The molecule has 0 amide bonds. The molecule has 0 fully saturated rings. The summed E-state index contributed by atoms with van der Waals surface area (Å²) in [5.41, 5.74) is 0.982. The van der Waals surface area contributed by atoms with Crippen molar-refractivity contribution >= 4 is 23.0 Å². The van der Waals surface area contributed by atoms with E-state index in [-0.39, 0.29) is 0 Å². The maximum absolute atomic E-state index is 11.8. The van der Waals surface area contributed by atoms with Crippen molar-refractivity contribution in [1.82, 2.24) is 0 Å². The van der Waals surface area contributed by atoms with Crippen molar-refractivity contribution in [3.05, 3.63) is 58.8 Å². The number of hydrogen-bond acceptors (Lipinski definition) is 3. The predicted octanol–water partition coefficient (Wildman–Crippen LogP) is 4.27. The number of hydrogen-bond donors (Lipinski definition) is 0. The SMILES string of the molecule is COc1ccc(N=[N+]([O-])c2ccc(Cl)cc2)cc1. The van der Waals surface area contributed by atoms with E-state index < -0.39 is 0 Å². The summed E-state index contributed by atoms with van der Waals surface area (Å²) in [6.07, 6.45) is 0. The molecule has 0 aliphatic heterocycles. The molecule has 0 radical (unpaired) electrons. The number of halogens is 1. The lowest BCUT2D eigenvalue weighted by atomic mass is 10.3. The smallest absolute Gasteiger partial charge is 0.245 e. The quantitative estimate of drug-likeness (QED) is 0.471. The van der Waals surface area contributed by atoms with Crippen LogP contribution in [0, 0.1) is 5.21 Å². The van der Waals surface area contributed by atoms with Gasteiger partial charge in [-0.15, -0.1) is 0 Å². The van der Waals surface area contributed by atoms with E-state index in [1.54, 1.807) is 55.6 Å². The average molecular weight is 263 g/mol. The van der Waals surface area contributed by atoms with E-state index >= 15 is 0 Å². The highest BCUT2D eigenvalue weighted by molar-refractivity contribution is 6.30. The van der Waals surface area contributed by atoms with Gasteiger partial charge in [0.2, 0.25) is 5.69 Å². The monoisotopic (exact) mass is 262 g/mol. The van der Waals surface area contributed by atoms with Crippen LogP contribution in [0.5, 0.6) is 5.75 Å². The topological polar surface area (TPSA) is 47.7 Å². The number of azo groups is 1. The van der Waals surface area contributed by atoms with Crippen molar-refractivity contribution in [3.8, 4) is 5.75 Å². The van der Waals surface area contributed by atoms with E-state index in [4.69, 9.17) is 16.3 Å². The minimum Gasteiger partial charge on any atom is -0.594 e. The standard InChI is InChI=1S/C13H11ClN2O2/c1-18-13-8-4-11(5-9-13)15-16(17)12-6-2-10(14)3-7-12/h2-9H,1H3. The molecule has 0 spiro atoms. The number of nitrogens with zero attached hydrogens (tertiary/aromatic N) is 2. The molecule has 2 aromatic carbocycles. The Morgan fingerprint density at radius 2 is 1.67 bits per heavy atom. The van der Waals surface area contributed by atoms with Gasteiger partial charge in [0.25, 0.3) is 0 Å². The zero-order valence-electron chi connectivity index (χ0n) is 9.71. The van der Waals surface area contributed by atoms with Gasteiger partial charge in [-0.25, -0.2) is 0 Å². The average Bonchev–Trinajstić information content (AvgIpc) is 2.40. The lowest BCUT2D eigenvalue weighted by molar-refractivity contribution is -0.435. The first kappa shape index (κ1) is 12.4. The van der Waals surface area contributed by atoms with Crippen molar-refractivity contribution in [1.29, 1.82) is 0 Å². The first-order valence-corrected chi connectivity index (χ1v) is 5.65. The summed E-state index contributed by atoms with van der Waals surface area (Å²) < 4.78 is 5.02. The van der Waals surface area contributed by atoms with E-state index in [1.165, 1.54) is 0 Å². The Morgan fingerprint density at radius 1 is 1.06 bits per heavy atom. The van der Waals surface area contributed by atoms with Gasteiger partial charge in [-0.3, -0.25) is 0 Å². The Labute approximate surface area is 110 Å². The van der Waals surface area contributed by atoms with E-state index in [0.717, 1.165) is 5.75 Å². The van der Waals surface area contributed by atoms with Crippen LogP contribution >= 0.6 is 11.6 Å². The third-order valence-electron chi connectivity index (χ3n) is 2.33. The summed E-state index contributed by atoms with van der Waals surface area (Å²) in [6, 6.07) is 13.4. The molecule has 0 heterocycles.